The molecule has 0 aliphatic carbocycles. The van der Waals surface area contributed by atoms with E-state index in [2.05, 4.69) is 33.4 Å². The Morgan fingerprint density at radius 1 is 1.21 bits per heavy atom. The molecule has 1 N–H and O–H groups in total. The van der Waals surface area contributed by atoms with E-state index in [1.54, 1.807) is 17.0 Å². The lowest BCUT2D eigenvalue weighted by Gasteiger charge is -2.15. The van der Waals surface area contributed by atoms with Crippen molar-refractivity contribution >= 4 is 11.5 Å². The second-order valence-electron chi connectivity index (χ2n) is 4.57. The number of hydrogen-bond donors (Lipinski definition) is 1. The standard InChI is InChI=1S/C14H15N5/c1-10-7-13-16-9-17-19(13)14(8-10)18-11(2)12-5-3-4-6-15-12/h3-9,11,18H,1-2H3. The number of anilines is 1. The Hall–Kier alpha value is -2.43. The van der Waals surface area contributed by atoms with E-state index in [9.17, 15) is 0 Å². The van der Waals surface area contributed by atoms with Crippen LogP contribution in [0.4, 0.5) is 5.82 Å². The van der Waals surface area contributed by atoms with E-state index in [-0.39, 0.29) is 6.04 Å². The van der Waals surface area contributed by atoms with Crippen LogP contribution >= 0.6 is 0 Å². The van der Waals surface area contributed by atoms with E-state index in [0.29, 0.717) is 0 Å². The van der Waals surface area contributed by atoms with Crippen LogP contribution in [0.5, 0.6) is 0 Å². The molecule has 0 amide bonds. The fourth-order valence-electron chi connectivity index (χ4n) is 2.09. The Bertz CT molecular complexity index is 689. The fraction of sp³-hybridized carbons (Fsp3) is 0.214. The van der Waals surface area contributed by atoms with Gasteiger partial charge in [-0.05, 0) is 43.7 Å². The van der Waals surface area contributed by atoms with Crippen LogP contribution in [-0.4, -0.2) is 19.6 Å². The lowest BCUT2D eigenvalue weighted by Crippen LogP contribution is -2.11. The summed E-state index contributed by atoms with van der Waals surface area (Å²) >= 11 is 0. The number of rotatable bonds is 3. The van der Waals surface area contributed by atoms with Gasteiger partial charge in [0.15, 0.2) is 5.65 Å². The Kier molecular flexibility index (Phi) is 2.87. The van der Waals surface area contributed by atoms with Crippen molar-refractivity contribution in [1.82, 2.24) is 19.6 Å². The van der Waals surface area contributed by atoms with E-state index >= 15 is 0 Å². The molecule has 3 rings (SSSR count). The fourth-order valence-corrected chi connectivity index (χ4v) is 2.09. The molecule has 0 radical (unpaired) electrons. The third-order valence-electron chi connectivity index (χ3n) is 3.02. The predicted octanol–water partition coefficient (Wildman–Crippen LogP) is 2.61. The molecule has 1 atom stereocenters. The third kappa shape index (κ3) is 2.27. The molecule has 96 valence electrons. The van der Waals surface area contributed by atoms with Crippen molar-refractivity contribution < 1.29 is 0 Å². The van der Waals surface area contributed by atoms with Crippen molar-refractivity contribution in [1.29, 1.82) is 0 Å². The normalized spacial score (nSPS) is 12.5. The van der Waals surface area contributed by atoms with E-state index in [1.165, 1.54) is 0 Å². The van der Waals surface area contributed by atoms with E-state index in [1.807, 2.05) is 31.2 Å². The number of fused-ring (bicyclic) bond motifs is 1. The molecule has 0 aliphatic heterocycles. The Morgan fingerprint density at radius 2 is 2.11 bits per heavy atom. The molecule has 0 aliphatic rings. The topological polar surface area (TPSA) is 55.1 Å². The minimum absolute atomic E-state index is 0.107. The van der Waals surface area contributed by atoms with Crippen LogP contribution < -0.4 is 5.32 Å². The summed E-state index contributed by atoms with van der Waals surface area (Å²) < 4.78 is 1.80. The molecule has 0 saturated carbocycles. The Balaban J connectivity index is 1.95. The summed E-state index contributed by atoms with van der Waals surface area (Å²) in [5.41, 5.74) is 2.99. The first-order valence-electron chi connectivity index (χ1n) is 6.22. The molecular weight excluding hydrogens is 238 g/mol. The zero-order valence-corrected chi connectivity index (χ0v) is 10.9. The molecule has 3 aromatic heterocycles. The monoisotopic (exact) mass is 253 g/mol. The summed E-state index contributed by atoms with van der Waals surface area (Å²) in [6.07, 6.45) is 3.36. The number of aromatic nitrogens is 4. The zero-order valence-electron chi connectivity index (χ0n) is 10.9. The van der Waals surface area contributed by atoms with Gasteiger partial charge in [-0.2, -0.15) is 9.61 Å². The quantitative estimate of drug-likeness (QED) is 0.779. The minimum Gasteiger partial charge on any atom is -0.362 e. The van der Waals surface area contributed by atoms with Gasteiger partial charge in [-0.15, -0.1) is 0 Å². The van der Waals surface area contributed by atoms with Crippen LogP contribution in [0, 0.1) is 6.92 Å². The van der Waals surface area contributed by atoms with Gasteiger partial charge in [0, 0.05) is 6.20 Å². The lowest BCUT2D eigenvalue weighted by molar-refractivity contribution is 0.813. The van der Waals surface area contributed by atoms with Crippen molar-refractivity contribution in [2.45, 2.75) is 19.9 Å². The summed E-state index contributed by atoms with van der Waals surface area (Å²) in [5, 5.41) is 7.66. The van der Waals surface area contributed by atoms with Gasteiger partial charge in [-0.3, -0.25) is 4.98 Å². The SMILES string of the molecule is Cc1cc(NC(C)c2ccccn2)n2ncnc2c1. The average Bonchev–Trinajstić information content (AvgIpc) is 2.88. The molecule has 0 aromatic carbocycles. The molecule has 5 heteroatoms. The molecule has 0 fully saturated rings. The highest BCUT2D eigenvalue weighted by molar-refractivity contribution is 5.52. The highest BCUT2D eigenvalue weighted by Gasteiger charge is 2.09. The molecule has 0 spiro atoms. The van der Waals surface area contributed by atoms with Gasteiger partial charge in [0.1, 0.15) is 12.1 Å². The van der Waals surface area contributed by atoms with E-state index in [0.717, 1.165) is 22.7 Å². The second-order valence-corrected chi connectivity index (χ2v) is 4.57. The van der Waals surface area contributed by atoms with Crippen molar-refractivity contribution in [2.75, 3.05) is 5.32 Å². The molecule has 3 aromatic rings. The maximum atomic E-state index is 4.36. The van der Waals surface area contributed by atoms with Crippen LogP contribution in [0.3, 0.4) is 0 Å². The van der Waals surface area contributed by atoms with Crippen molar-refractivity contribution in [2.24, 2.45) is 0 Å². The van der Waals surface area contributed by atoms with E-state index in [4.69, 9.17) is 0 Å². The Morgan fingerprint density at radius 3 is 2.89 bits per heavy atom. The average molecular weight is 253 g/mol. The third-order valence-corrected chi connectivity index (χ3v) is 3.02. The number of pyridine rings is 2. The molecule has 0 saturated heterocycles. The summed E-state index contributed by atoms with van der Waals surface area (Å²) in [5.74, 6) is 0.922. The lowest BCUT2D eigenvalue weighted by atomic mass is 10.2. The molecular formula is C14H15N5. The second kappa shape index (κ2) is 4.68. The van der Waals surface area contributed by atoms with Crippen LogP contribution in [0.1, 0.15) is 24.2 Å². The zero-order chi connectivity index (χ0) is 13.2. The van der Waals surface area contributed by atoms with Gasteiger partial charge >= 0.3 is 0 Å². The van der Waals surface area contributed by atoms with E-state index < -0.39 is 0 Å². The summed E-state index contributed by atoms with van der Waals surface area (Å²) in [6.45, 7) is 4.12. The first-order chi connectivity index (χ1) is 9.24. The maximum Gasteiger partial charge on any atom is 0.157 e. The summed E-state index contributed by atoms with van der Waals surface area (Å²) in [4.78, 5) is 8.57. The largest absolute Gasteiger partial charge is 0.362 e. The summed E-state index contributed by atoms with van der Waals surface area (Å²) in [6, 6.07) is 10.1. The number of aryl methyl sites for hydroxylation is 1. The smallest absolute Gasteiger partial charge is 0.157 e. The van der Waals surface area contributed by atoms with Gasteiger partial charge in [0.25, 0.3) is 0 Å². The van der Waals surface area contributed by atoms with Crippen LogP contribution in [0.25, 0.3) is 5.65 Å². The van der Waals surface area contributed by atoms with Gasteiger partial charge in [0.05, 0.1) is 11.7 Å². The highest BCUT2D eigenvalue weighted by Crippen LogP contribution is 2.19. The van der Waals surface area contributed by atoms with Gasteiger partial charge < -0.3 is 5.32 Å². The number of hydrogen-bond acceptors (Lipinski definition) is 4. The minimum atomic E-state index is 0.107. The first-order valence-corrected chi connectivity index (χ1v) is 6.22. The molecule has 19 heavy (non-hydrogen) atoms. The maximum absolute atomic E-state index is 4.36. The molecule has 0 bridgehead atoms. The first kappa shape index (κ1) is 11.6. The number of nitrogens with zero attached hydrogens (tertiary/aromatic N) is 4. The van der Waals surface area contributed by atoms with Gasteiger partial charge in [0.2, 0.25) is 0 Å². The Labute approximate surface area is 111 Å². The van der Waals surface area contributed by atoms with Crippen LogP contribution in [-0.2, 0) is 0 Å². The van der Waals surface area contributed by atoms with Gasteiger partial charge in [-0.1, -0.05) is 6.07 Å². The van der Waals surface area contributed by atoms with Crippen LogP contribution in [0.15, 0.2) is 42.9 Å². The molecule has 3 heterocycles. The van der Waals surface area contributed by atoms with Crippen molar-refractivity contribution in [3.05, 3.63) is 54.1 Å². The number of nitrogens with one attached hydrogen (secondary N) is 1. The van der Waals surface area contributed by atoms with Crippen LogP contribution in [0.2, 0.25) is 0 Å². The molecule has 5 nitrogen and oxygen atoms in total. The predicted molar refractivity (Wildman–Crippen MR) is 74.0 cm³/mol. The van der Waals surface area contributed by atoms with Gasteiger partial charge in [-0.25, -0.2) is 4.98 Å². The van der Waals surface area contributed by atoms with Crippen molar-refractivity contribution in [3.63, 3.8) is 0 Å². The highest BCUT2D eigenvalue weighted by atomic mass is 15.3. The molecule has 1 unspecified atom stereocenters. The summed E-state index contributed by atoms with van der Waals surface area (Å²) in [7, 11) is 0. The van der Waals surface area contributed by atoms with Crippen molar-refractivity contribution in [3.8, 4) is 0 Å².